The molecule has 3 unspecified atom stereocenters. The third-order valence-corrected chi connectivity index (χ3v) is 4.58. The van der Waals surface area contributed by atoms with Crippen LogP contribution >= 0.6 is 0 Å². The van der Waals surface area contributed by atoms with Gasteiger partial charge >= 0.3 is 0 Å². The maximum Gasteiger partial charge on any atom is 0.254 e. The first-order valence-electron chi connectivity index (χ1n) is 8.58. The van der Waals surface area contributed by atoms with Crippen molar-refractivity contribution < 1.29 is 9.90 Å². The van der Waals surface area contributed by atoms with Crippen LogP contribution in [0.15, 0.2) is 54.6 Å². The largest absolute Gasteiger partial charge is 0.378 e. The molecule has 130 valence electrons. The molecule has 0 aliphatic heterocycles. The Hall–Kier alpha value is -2.66. The van der Waals surface area contributed by atoms with E-state index in [0.29, 0.717) is 11.4 Å². The van der Waals surface area contributed by atoms with Crippen LogP contribution < -0.4 is 5.32 Å². The van der Waals surface area contributed by atoms with E-state index >= 15 is 0 Å². The molecule has 0 saturated heterocycles. The predicted octanol–water partition coefficient (Wildman–Crippen LogP) is 3.50. The summed E-state index contributed by atoms with van der Waals surface area (Å²) in [6.07, 6.45) is -0.319. The van der Waals surface area contributed by atoms with Crippen molar-refractivity contribution in [1.82, 2.24) is 15.3 Å². The minimum atomic E-state index is -1.20. The predicted molar refractivity (Wildman–Crippen MR) is 97.8 cm³/mol. The number of carbonyl (C=O) groups excluding carboxylic acids is 1. The van der Waals surface area contributed by atoms with Crippen molar-refractivity contribution in [2.24, 2.45) is 5.92 Å². The van der Waals surface area contributed by atoms with Crippen molar-refractivity contribution in [1.29, 1.82) is 0 Å². The molecule has 0 bridgehead atoms. The van der Waals surface area contributed by atoms with Gasteiger partial charge in [-0.1, -0.05) is 62.7 Å². The molecule has 0 aliphatic rings. The lowest BCUT2D eigenvalue weighted by molar-refractivity contribution is -0.130. The van der Waals surface area contributed by atoms with E-state index in [0.717, 1.165) is 17.5 Å². The van der Waals surface area contributed by atoms with Gasteiger partial charge in [0.2, 0.25) is 0 Å². The molecule has 1 amide bonds. The number of aliphatic hydroxyl groups excluding tert-OH is 1. The van der Waals surface area contributed by atoms with Crippen LogP contribution in [0, 0.1) is 5.92 Å². The first-order chi connectivity index (χ1) is 12.1. The second-order valence-corrected chi connectivity index (χ2v) is 6.32. The molecule has 0 fully saturated rings. The first-order valence-corrected chi connectivity index (χ1v) is 8.58. The van der Waals surface area contributed by atoms with Crippen molar-refractivity contribution in [3.8, 4) is 0 Å². The Kier molecular flexibility index (Phi) is 5.14. The van der Waals surface area contributed by atoms with Crippen LogP contribution in [0.1, 0.15) is 43.8 Å². The van der Waals surface area contributed by atoms with E-state index in [1.165, 1.54) is 0 Å². The van der Waals surface area contributed by atoms with Gasteiger partial charge < -0.3 is 15.4 Å². The summed E-state index contributed by atoms with van der Waals surface area (Å²) in [5.41, 5.74) is 2.37. The summed E-state index contributed by atoms with van der Waals surface area (Å²) in [6, 6.07) is 16.4. The molecule has 3 rings (SSSR count). The zero-order valence-corrected chi connectivity index (χ0v) is 14.4. The van der Waals surface area contributed by atoms with Crippen molar-refractivity contribution in [2.45, 2.75) is 32.4 Å². The smallest absolute Gasteiger partial charge is 0.254 e. The Labute approximate surface area is 147 Å². The highest BCUT2D eigenvalue weighted by Gasteiger charge is 2.27. The summed E-state index contributed by atoms with van der Waals surface area (Å²) >= 11 is 0. The summed E-state index contributed by atoms with van der Waals surface area (Å²) in [5, 5.41) is 13.3. The zero-order valence-electron chi connectivity index (χ0n) is 14.4. The second kappa shape index (κ2) is 7.49. The number of aromatic amines is 1. The SMILES string of the molecule is CCC(C)C(NC(=O)C(O)c1ccccc1)c1nc2ccccc2[nH]1. The fraction of sp³-hybridized carbons (Fsp3) is 0.300. The lowest BCUT2D eigenvalue weighted by Gasteiger charge is -2.24. The van der Waals surface area contributed by atoms with Gasteiger partial charge in [-0.15, -0.1) is 0 Å². The van der Waals surface area contributed by atoms with Crippen LogP contribution in [0.2, 0.25) is 0 Å². The Morgan fingerprint density at radius 3 is 2.52 bits per heavy atom. The quantitative estimate of drug-likeness (QED) is 0.644. The number of nitrogens with one attached hydrogen (secondary N) is 2. The van der Waals surface area contributed by atoms with Crippen LogP contribution in [0.25, 0.3) is 11.0 Å². The van der Waals surface area contributed by atoms with E-state index in [1.54, 1.807) is 24.3 Å². The van der Waals surface area contributed by atoms with Crippen molar-refractivity contribution in [3.63, 3.8) is 0 Å². The number of benzene rings is 2. The molecule has 0 aliphatic carbocycles. The first kappa shape index (κ1) is 17.2. The Balaban J connectivity index is 1.85. The monoisotopic (exact) mass is 337 g/mol. The number of imidazole rings is 1. The zero-order chi connectivity index (χ0) is 17.8. The van der Waals surface area contributed by atoms with Crippen molar-refractivity contribution in [2.75, 3.05) is 0 Å². The highest BCUT2D eigenvalue weighted by atomic mass is 16.3. The number of carbonyl (C=O) groups is 1. The number of rotatable bonds is 6. The van der Waals surface area contributed by atoms with E-state index in [4.69, 9.17) is 0 Å². The van der Waals surface area contributed by atoms with E-state index in [1.807, 2.05) is 30.3 Å². The molecule has 1 aromatic heterocycles. The molecule has 5 nitrogen and oxygen atoms in total. The molecular weight excluding hydrogens is 314 g/mol. The van der Waals surface area contributed by atoms with Gasteiger partial charge in [-0.25, -0.2) is 4.98 Å². The molecule has 3 atom stereocenters. The molecule has 25 heavy (non-hydrogen) atoms. The number of para-hydroxylation sites is 2. The molecule has 2 aromatic carbocycles. The van der Waals surface area contributed by atoms with Gasteiger partial charge in [0.15, 0.2) is 6.10 Å². The average molecular weight is 337 g/mol. The van der Waals surface area contributed by atoms with Gasteiger partial charge in [0.1, 0.15) is 5.82 Å². The maximum absolute atomic E-state index is 12.6. The number of amides is 1. The van der Waals surface area contributed by atoms with Gasteiger partial charge in [0.05, 0.1) is 17.1 Å². The van der Waals surface area contributed by atoms with Crippen molar-refractivity contribution in [3.05, 3.63) is 66.0 Å². The molecule has 3 aromatic rings. The van der Waals surface area contributed by atoms with Gasteiger partial charge in [0.25, 0.3) is 5.91 Å². The number of nitrogens with zero attached hydrogens (tertiary/aromatic N) is 1. The van der Waals surface area contributed by atoms with Crippen LogP contribution in [0.3, 0.4) is 0 Å². The van der Waals surface area contributed by atoms with Gasteiger partial charge in [0, 0.05) is 0 Å². The van der Waals surface area contributed by atoms with Gasteiger partial charge in [-0.2, -0.15) is 0 Å². The number of aromatic nitrogens is 2. The Morgan fingerprint density at radius 2 is 1.84 bits per heavy atom. The second-order valence-electron chi connectivity index (χ2n) is 6.32. The molecule has 0 radical (unpaired) electrons. The summed E-state index contributed by atoms with van der Waals surface area (Å²) in [4.78, 5) is 20.5. The van der Waals surface area contributed by atoms with Gasteiger partial charge in [-0.3, -0.25) is 4.79 Å². The Bertz CT molecular complexity index is 811. The lowest BCUT2D eigenvalue weighted by atomic mass is 9.97. The van der Waals surface area contributed by atoms with E-state index in [-0.39, 0.29) is 12.0 Å². The summed E-state index contributed by atoms with van der Waals surface area (Å²) in [5.74, 6) is 0.466. The van der Waals surface area contributed by atoms with Crippen LogP contribution in [0.5, 0.6) is 0 Å². The third kappa shape index (κ3) is 3.72. The van der Waals surface area contributed by atoms with E-state index in [9.17, 15) is 9.90 Å². The molecule has 3 N–H and O–H groups in total. The molecular formula is C20H23N3O2. The normalized spacial score (nSPS) is 14.8. The molecule has 5 heteroatoms. The Morgan fingerprint density at radius 1 is 1.16 bits per heavy atom. The highest BCUT2D eigenvalue weighted by Crippen LogP contribution is 2.25. The highest BCUT2D eigenvalue weighted by molar-refractivity contribution is 5.82. The number of hydrogen-bond donors (Lipinski definition) is 3. The minimum absolute atomic E-state index is 0.174. The molecule has 0 spiro atoms. The topological polar surface area (TPSA) is 78.0 Å². The fourth-order valence-electron chi connectivity index (χ4n) is 2.85. The molecule has 0 saturated carbocycles. The number of fused-ring (bicyclic) bond motifs is 1. The average Bonchev–Trinajstić information content (AvgIpc) is 3.09. The van der Waals surface area contributed by atoms with E-state index < -0.39 is 12.0 Å². The number of H-pyrrole nitrogens is 1. The van der Waals surface area contributed by atoms with Gasteiger partial charge in [-0.05, 0) is 23.6 Å². The number of hydrogen-bond acceptors (Lipinski definition) is 3. The molecule has 1 heterocycles. The van der Waals surface area contributed by atoms with Crippen LogP contribution in [0.4, 0.5) is 0 Å². The fourth-order valence-corrected chi connectivity index (χ4v) is 2.85. The summed E-state index contributed by atoms with van der Waals surface area (Å²) in [7, 11) is 0. The maximum atomic E-state index is 12.6. The van der Waals surface area contributed by atoms with Crippen molar-refractivity contribution >= 4 is 16.9 Å². The third-order valence-electron chi connectivity index (χ3n) is 4.58. The minimum Gasteiger partial charge on any atom is -0.378 e. The van der Waals surface area contributed by atoms with Crippen LogP contribution in [-0.2, 0) is 4.79 Å². The van der Waals surface area contributed by atoms with Crippen LogP contribution in [-0.4, -0.2) is 21.0 Å². The standard InChI is InChI=1S/C20H23N3O2/c1-3-13(2)17(19-21-15-11-7-8-12-16(15)22-19)23-20(25)18(24)14-9-5-4-6-10-14/h4-13,17-18,24H,3H2,1-2H3,(H,21,22)(H,23,25). The lowest BCUT2D eigenvalue weighted by Crippen LogP contribution is -2.36. The number of aliphatic hydroxyl groups is 1. The summed E-state index contributed by atoms with van der Waals surface area (Å²) in [6.45, 7) is 4.13. The van der Waals surface area contributed by atoms with E-state index in [2.05, 4.69) is 29.1 Å². The summed E-state index contributed by atoms with van der Waals surface area (Å²) < 4.78 is 0.